The molecule has 2 rings (SSSR count). The first kappa shape index (κ1) is 21.0. The maximum atomic E-state index is 11.7. The van der Waals surface area contributed by atoms with Crippen molar-refractivity contribution in [1.82, 2.24) is 20.6 Å². The lowest BCUT2D eigenvalue weighted by molar-refractivity contribution is -0.117. The quantitative estimate of drug-likeness (QED) is 0.465. The predicted octanol–water partition coefficient (Wildman–Crippen LogP) is 3.00. The summed E-state index contributed by atoms with van der Waals surface area (Å²) in [5.41, 5.74) is 1.89. The summed E-state index contributed by atoms with van der Waals surface area (Å²) in [5, 5.41) is 5.74. The Hall–Kier alpha value is -3.28. The maximum Gasteiger partial charge on any atom is 0.243 e. The normalized spacial score (nSPS) is 11.0. The van der Waals surface area contributed by atoms with Crippen molar-refractivity contribution >= 4 is 24.0 Å². The van der Waals surface area contributed by atoms with Crippen LogP contribution < -0.4 is 10.6 Å². The molecule has 0 saturated carbocycles. The lowest BCUT2D eigenvalue weighted by Gasteiger charge is -2.04. The molecule has 146 valence electrons. The number of aromatic nitrogens is 2. The second-order valence-corrected chi connectivity index (χ2v) is 6.22. The van der Waals surface area contributed by atoms with Crippen LogP contribution in [0.25, 0.3) is 12.2 Å². The van der Waals surface area contributed by atoms with Gasteiger partial charge in [0.1, 0.15) is 0 Å². The van der Waals surface area contributed by atoms with Crippen LogP contribution >= 0.6 is 0 Å². The summed E-state index contributed by atoms with van der Waals surface area (Å²) in [6.45, 7) is 1.31. The van der Waals surface area contributed by atoms with Gasteiger partial charge in [-0.3, -0.25) is 19.6 Å². The van der Waals surface area contributed by atoms with E-state index in [0.29, 0.717) is 13.1 Å². The number of carbonyl (C=O) groups excluding carboxylic acids is 2. The summed E-state index contributed by atoms with van der Waals surface area (Å²) in [6, 6.07) is 7.38. The SMILES string of the molecule is O=C(/C=C/c1ccncc1)NCCCCCCNC(=O)/C=C/c1ccncc1. The number of amides is 2. The third-order valence-electron chi connectivity index (χ3n) is 3.97. The average molecular weight is 378 g/mol. The van der Waals surface area contributed by atoms with E-state index >= 15 is 0 Å². The first-order valence-electron chi connectivity index (χ1n) is 9.46. The highest BCUT2D eigenvalue weighted by atomic mass is 16.2. The molecule has 2 aromatic rings. The molecule has 6 heteroatoms. The minimum Gasteiger partial charge on any atom is -0.353 e. The first-order valence-corrected chi connectivity index (χ1v) is 9.46. The number of nitrogens with one attached hydrogen (secondary N) is 2. The van der Waals surface area contributed by atoms with Gasteiger partial charge in [0.05, 0.1) is 0 Å². The molecule has 0 bridgehead atoms. The van der Waals surface area contributed by atoms with E-state index < -0.39 is 0 Å². The van der Waals surface area contributed by atoms with Crippen LogP contribution in [-0.2, 0) is 9.59 Å². The van der Waals surface area contributed by atoms with E-state index in [2.05, 4.69) is 20.6 Å². The molecule has 0 aliphatic heterocycles. The van der Waals surface area contributed by atoms with Crippen LogP contribution in [0.3, 0.4) is 0 Å². The van der Waals surface area contributed by atoms with Gasteiger partial charge in [-0.1, -0.05) is 12.8 Å². The highest BCUT2D eigenvalue weighted by molar-refractivity contribution is 5.92. The van der Waals surface area contributed by atoms with Gasteiger partial charge in [0.25, 0.3) is 0 Å². The molecule has 2 heterocycles. The lowest BCUT2D eigenvalue weighted by atomic mass is 10.2. The highest BCUT2D eigenvalue weighted by Gasteiger charge is 1.97. The van der Waals surface area contributed by atoms with Crippen LogP contribution in [0.1, 0.15) is 36.8 Å². The molecule has 2 N–H and O–H groups in total. The van der Waals surface area contributed by atoms with E-state index in [0.717, 1.165) is 36.8 Å². The van der Waals surface area contributed by atoms with Gasteiger partial charge in [-0.05, 0) is 60.4 Å². The summed E-state index contributed by atoms with van der Waals surface area (Å²) in [6.07, 6.45) is 17.2. The molecule has 0 aliphatic carbocycles. The van der Waals surface area contributed by atoms with Gasteiger partial charge in [0.2, 0.25) is 11.8 Å². The Kier molecular flexibility index (Phi) is 9.74. The number of hydrogen-bond donors (Lipinski definition) is 2. The summed E-state index contributed by atoms with van der Waals surface area (Å²) >= 11 is 0. The minimum absolute atomic E-state index is 0.0925. The van der Waals surface area contributed by atoms with Crippen molar-refractivity contribution in [2.24, 2.45) is 0 Å². The van der Waals surface area contributed by atoms with Crippen molar-refractivity contribution in [2.45, 2.75) is 25.7 Å². The zero-order valence-electron chi connectivity index (χ0n) is 15.9. The van der Waals surface area contributed by atoms with Crippen LogP contribution in [0.4, 0.5) is 0 Å². The standard InChI is InChI=1S/C22H26N4O2/c27-21(7-5-19-9-15-23-16-10-19)25-13-3-1-2-4-14-26-22(28)8-6-20-11-17-24-18-12-20/h5-12,15-18H,1-4,13-14H2,(H,25,27)(H,26,28)/b7-5+,8-6+. The number of nitrogens with zero attached hydrogens (tertiary/aromatic N) is 2. The second kappa shape index (κ2) is 13.0. The molecule has 0 unspecified atom stereocenters. The third kappa shape index (κ3) is 9.43. The molecular weight excluding hydrogens is 352 g/mol. The van der Waals surface area contributed by atoms with Gasteiger partial charge >= 0.3 is 0 Å². The van der Waals surface area contributed by atoms with E-state index in [-0.39, 0.29) is 11.8 Å². The molecule has 0 fully saturated rings. The van der Waals surface area contributed by atoms with E-state index in [1.165, 1.54) is 12.2 Å². The predicted molar refractivity (Wildman–Crippen MR) is 111 cm³/mol. The topological polar surface area (TPSA) is 84.0 Å². The Labute approximate surface area is 165 Å². The Morgan fingerprint density at radius 1 is 0.679 bits per heavy atom. The average Bonchev–Trinajstić information content (AvgIpc) is 2.74. The second-order valence-electron chi connectivity index (χ2n) is 6.22. The minimum atomic E-state index is -0.0925. The van der Waals surface area contributed by atoms with Crippen LogP contribution in [0, 0.1) is 0 Å². The third-order valence-corrected chi connectivity index (χ3v) is 3.97. The summed E-state index contributed by atoms with van der Waals surface area (Å²) in [7, 11) is 0. The Bertz CT molecular complexity index is 706. The van der Waals surface area contributed by atoms with Crippen molar-refractivity contribution in [3.05, 3.63) is 72.3 Å². The molecule has 0 saturated heterocycles. The first-order chi connectivity index (χ1) is 13.7. The van der Waals surface area contributed by atoms with Crippen molar-refractivity contribution in [3.63, 3.8) is 0 Å². The van der Waals surface area contributed by atoms with E-state index in [9.17, 15) is 9.59 Å². The molecule has 0 radical (unpaired) electrons. The van der Waals surface area contributed by atoms with Gasteiger partial charge in [0.15, 0.2) is 0 Å². The maximum absolute atomic E-state index is 11.7. The fraction of sp³-hybridized carbons (Fsp3) is 0.273. The van der Waals surface area contributed by atoms with Crippen molar-refractivity contribution in [3.8, 4) is 0 Å². The molecule has 0 spiro atoms. The number of hydrogen-bond acceptors (Lipinski definition) is 4. The van der Waals surface area contributed by atoms with E-state index in [4.69, 9.17) is 0 Å². The van der Waals surface area contributed by atoms with Gasteiger partial charge in [0, 0.05) is 50.0 Å². The molecule has 6 nitrogen and oxygen atoms in total. The highest BCUT2D eigenvalue weighted by Crippen LogP contribution is 2.01. The smallest absolute Gasteiger partial charge is 0.243 e. The number of carbonyl (C=O) groups is 2. The van der Waals surface area contributed by atoms with Gasteiger partial charge in [-0.2, -0.15) is 0 Å². The Morgan fingerprint density at radius 3 is 1.46 bits per heavy atom. The van der Waals surface area contributed by atoms with Crippen LogP contribution in [0.2, 0.25) is 0 Å². The zero-order valence-corrected chi connectivity index (χ0v) is 15.9. The monoisotopic (exact) mass is 378 g/mol. The molecular formula is C22H26N4O2. The van der Waals surface area contributed by atoms with Crippen LogP contribution in [0.5, 0.6) is 0 Å². The van der Waals surface area contributed by atoms with Gasteiger partial charge in [-0.25, -0.2) is 0 Å². The van der Waals surface area contributed by atoms with Crippen molar-refractivity contribution in [1.29, 1.82) is 0 Å². The van der Waals surface area contributed by atoms with Crippen molar-refractivity contribution < 1.29 is 9.59 Å². The van der Waals surface area contributed by atoms with Crippen molar-refractivity contribution in [2.75, 3.05) is 13.1 Å². The molecule has 0 atom stereocenters. The molecule has 2 amide bonds. The Balaban J connectivity index is 1.46. The molecule has 0 aliphatic rings. The molecule has 28 heavy (non-hydrogen) atoms. The van der Waals surface area contributed by atoms with E-state index in [1.807, 2.05) is 24.3 Å². The summed E-state index contributed by atoms with van der Waals surface area (Å²) in [4.78, 5) is 31.3. The Morgan fingerprint density at radius 2 is 1.07 bits per heavy atom. The van der Waals surface area contributed by atoms with E-state index in [1.54, 1.807) is 36.9 Å². The molecule has 2 aromatic heterocycles. The van der Waals surface area contributed by atoms with Gasteiger partial charge < -0.3 is 10.6 Å². The number of rotatable bonds is 11. The molecule has 0 aromatic carbocycles. The van der Waals surface area contributed by atoms with Gasteiger partial charge in [-0.15, -0.1) is 0 Å². The lowest BCUT2D eigenvalue weighted by Crippen LogP contribution is -2.23. The number of unbranched alkanes of at least 4 members (excludes halogenated alkanes) is 3. The fourth-order valence-electron chi connectivity index (χ4n) is 2.44. The van der Waals surface area contributed by atoms with Crippen LogP contribution in [0.15, 0.2) is 61.2 Å². The van der Waals surface area contributed by atoms with Crippen LogP contribution in [-0.4, -0.2) is 34.9 Å². The largest absolute Gasteiger partial charge is 0.353 e. The fourth-order valence-corrected chi connectivity index (χ4v) is 2.44. The number of pyridine rings is 2. The summed E-state index contributed by atoms with van der Waals surface area (Å²) in [5.74, 6) is -0.185. The summed E-state index contributed by atoms with van der Waals surface area (Å²) < 4.78 is 0. The zero-order chi connectivity index (χ0) is 19.9.